The number of nitrogens with two attached hydrogens (primary N) is 1. The zero-order valence-corrected chi connectivity index (χ0v) is 9.97. The second-order valence-electron chi connectivity index (χ2n) is 4.46. The summed E-state index contributed by atoms with van der Waals surface area (Å²) in [5.41, 5.74) is 5.69. The number of hydrogen-bond donors (Lipinski definition) is 3. The number of rotatable bonds is 5. The van der Waals surface area contributed by atoms with Gasteiger partial charge in [0.2, 0.25) is 0 Å². The fourth-order valence-electron chi connectivity index (χ4n) is 2.52. The molecular weight excluding hydrogens is 206 g/mol. The van der Waals surface area contributed by atoms with Gasteiger partial charge in [-0.25, -0.2) is 0 Å². The van der Waals surface area contributed by atoms with Crippen LogP contribution >= 0.6 is 0 Å². The molecule has 5 heteroatoms. The molecule has 0 bridgehead atoms. The molecule has 5 nitrogen and oxygen atoms in total. The summed E-state index contributed by atoms with van der Waals surface area (Å²) >= 11 is 0. The molecule has 1 fully saturated rings. The minimum Gasteiger partial charge on any atom is -0.409 e. The van der Waals surface area contributed by atoms with Crippen LogP contribution in [0.15, 0.2) is 5.16 Å². The van der Waals surface area contributed by atoms with E-state index in [4.69, 9.17) is 16.0 Å². The van der Waals surface area contributed by atoms with Crippen LogP contribution in [0.2, 0.25) is 0 Å². The first-order chi connectivity index (χ1) is 7.72. The molecule has 0 aromatic heterocycles. The first kappa shape index (κ1) is 13.3. The van der Waals surface area contributed by atoms with Crippen molar-refractivity contribution in [1.29, 1.82) is 0 Å². The smallest absolute Gasteiger partial charge is 0.156 e. The topological polar surface area (TPSA) is 82.1 Å². The molecule has 0 radical (unpaired) electrons. The molecule has 0 saturated carbocycles. The van der Waals surface area contributed by atoms with E-state index in [1.54, 1.807) is 0 Å². The first-order valence-electron chi connectivity index (χ1n) is 6.05. The van der Waals surface area contributed by atoms with Gasteiger partial charge in [0.25, 0.3) is 0 Å². The lowest BCUT2D eigenvalue weighted by Crippen LogP contribution is -2.49. The van der Waals surface area contributed by atoms with Crippen LogP contribution in [-0.4, -0.2) is 46.8 Å². The normalized spacial score (nSPS) is 25.6. The molecule has 4 N–H and O–H groups in total. The lowest BCUT2D eigenvalue weighted by molar-refractivity contribution is 0.128. The van der Waals surface area contributed by atoms with Gasteiger partial charge in [0.1, 0.15) is 0 Å². The molecule has 1 aliphatic rings. The van der Waals surface area contributed by atoms with Crippen molar-refractivity contribution >= 4 is 5.84 Å². The van der Waals surface area contributed by atoms with Gasteiger partial charge < -0.3 is 16.0 Å². The maximum Gasteiger partial charge on any atom is 0.156 e. The van der Waals surface area contributed by atoms with E-state index in [1.807, 2.05) is 6.92 Å². The summed E-state index contributed by atoms with van der Waals surface area (Å²) in [6, 6.07) is 0.0338. The monoisotopic (exact) mass is 229 g/mol. The van der Waals surface area contributed by atoms with Gasteiger partial charge in [-0.3, -0.25) is 4.90 Å². The number of likely N-dealkylation sites (tertiary alicyclic amines) is 1. The Morgan fingerprint density at radius 1 is 1.62 bits per heavy atom. The zero-order valence-electron chi connectivity index (χ0n) is 9.97. The van der Waals surface area contributed by atoms with Gasteiger partial charge >= 0.3 is 0 Å². The summed E-state index contributed by atoms with van der Waals surface area (Å²) < 4.78 is 0. The summed E-state index contributed by atoms with van der Waals surface area (Å²) in [5, 5.41) is 20.8. The average molecular weight is 229 g/mol. The molecule has 2 unspecified atom stereocenters. The number of aliphatic hydroxyl groups is 1. The fourth-order valence-corrected chi connectivity index (χ4v) is 2.52. The molecule has 0 aromatic rings. The van der Waals surface area contributed by atoms with Crippen LogP contribution in [0.4, 0.5) is 0 Å². The van der Waals surface area contributed by atoms with Crippen molar-refractivity contribution in [3.63, 3.8) is 0 Å². The third-order valence-electron chi connectivity index (χ3n) is 3.37. The van der Waals surface area contributed by atoms with E-state index in [0.717, 1.165) is 32.4 Å². The van der Waals surface area contributed by atoms with Crippen molar-refractivity contribution in [2.45, 2.75) is 38.6 Å². The maximum atomic E-state index is 8.95. The van der Waals surface area contributed by atoms with Crippen molar-refractivity contribution in [1.82, 2.24) is 4.90 Å². The Kier molecular flexibility index (Phi) is 5.55. The molecule has 1 rings (SSSR count). The maximum absolute atomic E-state index is 8.95. The quantitative estimate of drug-likeness (QED) is 0.279. The summed E-state index contributed by atoms with van der Waals surface area (Å²) in [6.45, 7) is 4.23. The van der Waals surface area contributed by atoms with E-state index in [2.05, 4.69) is 10.1 Å². The highest BCUT2D eigenvalue weighted by Gasteiger charge is 2.26. The minimum absolute atomic E-state index is 0.0338. The van der Waals surface area contributed by atoms with Crippen molar-refractivity contribution in [2.24, 2.45) is 16.8 Å². The van der Waals surface area contributed by atoms with Gasteiger partial charge in [-0.1, -0.05) is 12.1 Å². The second-order valence-corrected chi connectivity index (χ2v) is 4.46. The third-order valence-corrected chi connectivity index (χ3v) is 3.37. The molecule has 0 amide bonds. The van der Waals surface area contributed by atoms with E-state index < -0.39 is 0 Å². The lowest BCUT2D eigenvalue weighted by Gasteiger charge is -2.37. The molecule has 94 valence electrons. The summed E-state index contributed by atoms with van der Waals surface area (Å²) in [6.07, 6.45) is 3.99. The van der Waals surface area contributed by atoms with E-state index in [-0.39, 0.29) is 12.6 Å². The Morgan fingerprint density at radius 2 is 2.38 bits per heavy atom. The van der Waals surface area contributed by atoms with Crippen LogP contribution in [0.3, 0.4) is 0 Å². The van der Waals surface area contributed by atoms with Crippen molar-refractivity contribution in [3.8, 4) is 0 Å². The Hall–Kier alpha value is -0.810. The molecule has 2 atom stereocenters. The Morgan fingerprint density at radius 3 is 2.94 bits per heavy atom. The molecule has 1 saturated heterocycles. The van der Waals surface area contributed by atoms with Crippen molar-refractivity contribution < 1.29 is 10.3 Å². The standard InChI is InChI=1S/C11H23N3O2/c1-2-10(11(12)13-16)14-6-3-4-9(8-14)5-7-15/h9-10,15-16H,2-8H2,1H3,(H2,12,13). The van der Waals surface area contributed by atoms with Crippen LogP contribution in [0, 0.1) is 5.92 Å². The van der Waals surface area contributed by atoms with Crippen LogP contribution in [0.25, 0.3) is 0 Å². The number of oxime groups is 1. The molecule has 16 heavy (non-hydrogen) atoms. The molecule has 1 heterocycles. The molecule has 0 aromatic carbocycles. The van der Waals surface area contributed by atoms with Crippen LogP contribution in [0.5, 0.6) is 0 Å². The minimum atomic E-state index is 0.0338. The van der Waals surface area contributed by atoms with Gasteiger partial charge in [-0.2, -0.15) is 0 Å². The Bertz CT molecular complexity index is 231. The van der Waals surface area contributed by atoms with Gasteiger partial charge in [-0.05, 0) is 38.1 Å². The van der Waals surface area contributed by atoms with Crippen LogP contribution in [0.1, 0.15) is 32.6 Å². The first-order valence-corrected chi connectivity index (χ1v) is 6.05. The largest absolute Gasteiger partial charge is 0.409 e. The second kappa shape index (κ2) is 6.70. The average Bonchev–Trinajstić information content (AvgIpc) is 2.31. The fraction of sp³-hybridized carbons (Fsp3) is 0.909. The van der Waals surface area contributed by atoms with E-state index in [0.29, 0.717) is 11.8 Å². The number of amidine groups is 1. The van der Waals surface area contributed by atoms with Gasteiger partial charge in [0, 0.05) is 13.2 Å². The van der Waals surface area contributed by atoms with Crippen molar-refractivity contribution in [2.75, 3.05) is 19.7 Å². The van der Waals surface area contributed by atoms with Gasteiger partial charge in [-0.15, -0.1) is 0 Å². The lowest BCUT2D eigenvalue weighted by atomic mass is 9.93. The van der Waals surface area contributed by atoms with Gasteiger partial charge in [0.05, 0.1) is 6.04 Å². The van der Waals surface area contributed by atoms with E-state index in [9.17, 15) is 0 Å². The van der Waals surface area contributed by atoms with Gasteiger partial charge in [0.15, 0.2) is 5.84 Å². The number of hydrogen-bond acceptors (Lipinski definition) is 4. The Labute approximate surface area is 96.9 Å². The predicted octanol–water partition coefficient (Wildman–Crippen LogP) is 0.606. The highest BCUT2D eigenvalue weighted by molar-refractivity contribution is 5.85. The molecular formula is C11H23N3O2. The Balaban J connectivity index is 2.57. The van der Waals surface area contributed by atoms with Crippen LogP contribution in [-0.2, 0) is 0 Å². The highest BCUT2D eigenvalue weighted by Crippen LogP contribution is 2.22. The van der Waals surface area contributed by atoms with E-state index in [1.165, 1.54) is 6.42 Å². The summed E-state index contributed by atoms with van der Waals surface area (Å²) in [4.78, 5) is 2.26. The molecule has 1 aliphatic heterocycles. The number of aliphatic hydroxyl groups excluding tert-OH is 1. The number of piperidine rings is 1. The van der Waals surface area contributed by atoms with Crippen molar-refractivity contribution in [3.05, 3.63) is 0 Å². The third kappa shape index (κ3) is 3.35. The summed E-state index contributed by atoms with van der Waals surface area (Å²) in [7, 11) is 0. The zero-order chi connectivity index (χ0) is 12.0. The SMILES string of the molecule is CCC(C(N)=NO)N1CCCC(CCO)C1. The highest BCUT2D eigenvalue weighted by atomic mass is 16.4. The molecule has 0 aliphatic carbocycles. The predicted molar refractivity (Wildman–Crippen MR) is 63.5 cm³/mol. The number of nitrogens with zero attached hydrogens (tertiary/aromatic N) is 2. The molecule has 0 spiro atoms. The summed E-state index contributed by atoms with van der Waals surface area (Å²) in [5.74, 6) is 0.839. The van der Waals surface area contributed by atoms with Crippen LogP contribution < -0.4 is 5.73 Å². The van der Waals surface area contributed by atoms with E-state index >= 15 is 0 Å².